The number of aryl methyl sites for hydroxylation is 1. The highest BCUT2D eigenvalue weighted by Gasteiger charge is 2.21. The molecule has 1 N–H and O–H groups in total. The molecule has 1 aliphatic rings. The molecule has 1 atom stereocenters. The molecule has 0 aromatic heterocycles. The first kappa shape index (κ1) is 13.6. The van der Waals surface area contributed by atoms with E-state index in [-0.39, 0.29) is 0 Å². The Morgan fingerprint density at radius 2 is 2.06 bits per heavy atom. The third kappa shape index (κ3) is 3.56. The van der Waals surface area contributed by atoms with Gasteiger partial charge in [0.2, 0.25) is 0 Å². The van der Waals surface area contributed by atoms with Gasteiger partial charge in [-0.15, -0.1) is 0 Å². The summed E-state index contributed by atoms with van der Waals surface area (Å²) < 4.78 is 0. The highest BCUT2D eigenvalue weighted by molar-refractivity contribution is 5.25. The molecule has 0 saturated carbocycles. The molecule has 100 valence electrons. The molecule has 0 bridgehead atoms. The fourth-order valence-electron chi connectivity index (χ4n) is 2.83. The van der Waals surface area contributed by atoms with Gasteiger partial charge in [-0.2, -0.15) is 0 Å². The van der Waals surface area contributed by atoms with Gasteiger partial charge in [-0.1, -0.05) is 49.6 Å². The number of nitrogens with zero attached hydrogens (tertiary/aromatic N) is 1. The number of hydrogen-bond acceptors (Lipinski definition) is 2. The van der Waals surface area contributed by atoms with Gasteiger partial charge in [-0.3, -0.25) is 4.90 Å². The molecular weight excluding hydrogens is 220 g/mol. The maximum atomic E-state index is 3.45. The first-order chi connectivity index (χ1) is 8.81. The van der Waals surface area contributed by atoms with Crippen molar-refractivity contribution in [1.29, 1.82) is 0 Å². The Balaban J connectivity index is 2.12. The Morgan fingerprint density at radius 1 is 1.28 bits per heavy atom. The summed E-state index contributed by atoms with van der Waals surface area (Å²) in [6.07, 6.45) is 3.90. The Kier molecular flexibility index (Phi) is 5.21. The van der Waals surface area contributed by atoms with Crippen LogP contribution in [0.25, 0.3) is 0 Å². The number of nitrogens with one attached hydrogen (secondary N) is 1. The van der Waals surface area contributed by atoms with Crippen LogP contribution in [0, 0.1) is 6.92 Å². The maximum absolute atomic E-state index is 3.45. The third-order valence-electron chi connectivity index (χ3n) is 3.85. The van der Waals surface area contributed by atoms with Crippen molar-refractivity contribution in [3.05, 3.63) is 35.4 Å². The molecule has 0 radical (unpaired) electrons. The zero-order chi connectivity index (χ0) is 12.8. The van der Waals surface area contributed by atoms with Crippen LogP contribution < -0.4 is 5.32 Å². The second-order valence-electron chi connectivity index (χ2n) is 5.36. The molecule has 1 aromatic carbocycles. The van der Waals surface area contributed by atoms with E-state index in [1.165, 1.54) is 43.5 Å². The van der Waals surface area contributed by atoms with Crippen molar-refractivity contribution in [1.82, 2.24) is 10.2 Å². The average molecular weight is 246 g/mol. The molecule has 2 heteroatoms. The molecule has 1 heterocycles. The molecule has 1 unspecified atom stereocenters. The van der Waals surface area contributed by atoms with Gasteiger partial charge >= 0.3 is 0 Å². The monoisotopic (exact) mass is 246 g/mol. The van der Waals surface area contributed by atoms with Crippen LogP contribution in [0.5, 0.6) is 0 Å². The first-order valence-electron chi connectivity index (χ1n) is 7.32. The van der Waals surface area contributed by atoms with Crippen LogP contribution in [0.3, 0.4) is 0 Å². The summed E-state index contributed by atoms with van der Waals surface area (Å²) in [5, 5.41) is 3.45. The summed E-state index contributed by atoms with van der Waals surface area (Å²) in [5.74, 6) is 0. The third-order valence-corrected chi connectivity index (χ3v) is 3.85. The topological polar surface area (TPSA) is 15.3 Å². The Hall–Kier alpha value is -0.860. The Labute approximate surface area is 111 Å². The van der Waals surface area contributed by atoms with E-state index in [1.54, 1.807) is 0 Å². The minimum absolute atomic E-state index is 0.618. The number of rotatable bonds is 5. The lowest BCUT2D eigenvalue weighted by atomic mass is 9.97. The van der Waals surface area contributed by atoms with Crippen molar-refractivity contribution in [3.63, 3.8) is 0 Å². The van der Waals surface area contributed by atoms with Crippen LogP contribution in [0.15, 0.2) is 24.3 Å². The maximum Gasteiger partial charge on any atom is 0.0349 e. The standard InChI is InChI=1S/C16H26N2/c1-3-4-8-16(18-11-9-17-10-12-18)15-7-5-6-14(2)13-15/h5-7,13,16-17H,3-4,8-12H2,1-2H3. The first-order valence-corrected chi connectivity index (χ1v) is 7.32. The van der Waals surface area contributed by atoms with Crippen LogP contribution in [-0.4, -0.2) is 31.1 Å². The predicted molar refractivity (Wildman–Crippen MR) is 77.9 cm³/mol. The van der Waals surface area contributed by atoms with Crippen LogP contribution >= 0.6 is 0 Å². The molecular formula is C16H26N2. The van der Waals surface area contributed by atoms with Crippen LogP contribution in [0.4, 0.5) is 0 Å². The van der Waals surface area contributed by atoms with Crippen molar-refractivity contribution in [2.45, 2.75) is 39.2 Å². The van der Waals surface area contributed by atoms with Gasteiger partial charge in [0.05, 0.1) is 0 Å². The fraction of sp³-hybridized carbons (Fsp3) is 0.625. The number of benzene rings is 1. The van der Waals surface area contributed by atoms with E-state index in [1.807, 2.05) is 0 Å². The molecule has 18 heavy (non-hydrogen) atoms. The Bertz CT molecular complexity index is 356. The van der Waals surface area contributed by atoms with Gasteiger partial charge in [0.1, 0.15) is 0 Å². The zero-order valence-electron chi connectivity index (χ0n) is 11.8. The second-order valence-corrected chi connectivity index (χ2v) is 5.36. The summed E-state index contributed by atoms with van der Waals surface area (Å²) in [7, 11) is 0. The molecule has 0 aliphatic carbocycles. The lowest BCUT2D eigenvalue weighted by molar-refractivity contribution is 0.163. The molecule has 2 nitrogen and oxygen atoms in total. The van der Waals surface area contributed by atoms with Crippen molar-refractivity contribution in [2.24, 2.45) is 0 Å². The van der Waals surface area contributed by atoms with Crippen LogP contribution in [0.1, 0.15) is 43.4 Å². The van der Waals surface area contributed by atoms with Gasteiger partial charge in [0.15, 0.2) is 0 Å². The van der Waals surface area contributed by atoms with E-state index in [0.717, 1.165) is 13.1 Å². The van der Waals surface area contributed by atoms with E-state index in [4.69, 9.17) is 0 Å². The average Bonchev–Trinajstić information content (AvgIpc) is 2.40. The fourth-order valence-corrected chi connectivity index (χ4v) is 2.83. The zero-order valence-corrected chi connectivity index (χ0v) is 11.8. The van der Waals surface area contributed by atoms with E-state index in [9.17, 15) is 0 Å². The summed E-state index contributed by atoms with van der Waals surface area (Å²) >= 11 is 0. The molecule has 0 spiro atoms. The van der Waals surface area contributed by atoms with Crippen molar-refractivity contribution < 1.29 is 0 Å². The van der Waals surface area contributed by atoms with E-state index >= 15 is 0 Å². The second kappa shape index (κ2) is 6.91. The lowest BCUT2D eigenvalue weighted by Crippen LogP contribution is -2.45. The highest BCUT2D eigenvalue weighted by Crippen LogP contribution is 2.27. The molecule has 0 amide bonds. The van der Waals surface area contributed by atoms with Crippen molar-refractivity contribution in [3.8, 4) is 0 Å². The highest BCUT2D eigenvalue weighted by atomic mass is 15.2. The molecule has 1 aromatic rings. The molecule has 1 saturated heterocycles. The molecule has 1 aliphatic heterocycles. The summed E-state index contributed by atoms with van der Waals surface area (Å²) in [6.45, 7) is 9.11. The van der Waals surface area contributed by atoms with E-state index in [0.29, 0.717) is 6.04 Å². The van der Waals surface area contributed by atoms with Crippen molar-refractivity contribution in [2.75, 3.05) is 26.2 Å². The van der Waals surface area contributed by atoms with Crippen LogP contribution in [-0.2, 0) is 0 Å². The minimum atomic E-state index is 0.618. The predicted octanol–water partition coefficient (Wildman–Crippen LogP) is 3.13. The number of piperazine rings is 1. The number of unbranched alkanes of at least 4 members (excludes halogenated alkanes) is 1. The van der Waals surface area contributed by atoms with E-state index in [2.05, 4.69) is 48.3 Å². The smallest absolute Gasteiger partial charge is 0.0349 e. The Morgan fingerprint density at radius 3 is 2.72 bits per heavy atom. The normalized spacial score (nSPS) is 18.8. The summed E-state index contributed by atoms with van der Waals surface area (Å²) in [4.78, 5) is 2.65. The largest absolute Gasteiger partial charge is 0.314 e. The summed E-state index contributed by atoms with van der Waals surface area (Å²) in [6, 6.07) is 9.67. The molecule has 1 fully saturated rings. The number of hydrogen-bond donors (Lipinski definition) is 1. The van der Waals surface area contributed by atoms with E-state index < -0.39 is 0 Å². The van der Waals surface area contributed by atoms with Gasteiger partial charge in [-0.25, -0.2) is 0 Å². The van der Waals surface area contributed by atoms with Crippen molar-refractivity contribution >= 4 is 0 Å². The minimum Gasteiger partial charge on any atom is -0.314 e. The van der Waals surface area contributed by atoms with Gasteiger partial charge in [0, 0.05) is 32.2 Å². The molecule has 2 rings (SSSR count). The van der Waals surface area contributed by atoms with Gasteiger partial charge < -0.3 is 5.32 Å². The van der Waals surface area contributed by atoms with Gasteiger partial charge in [0.25, 0.3) is 0 Å². The van der Waals surface area contributed by atoms with Crippen LogP contribution in [0.2, 0.25) is 0 Å². The lowest BCUT2D eigenvalue weighted by Gasteiger charge is -2.35. The quantitative estimate of drug-likeness (QED) is 0.858. The summed E-state index contributed by atoms with van der Waals surface area (Å²) in [5.41, 5.74) is 2.88. The SMILES string of the molecule is CCCCC(c1cccc(C)c1)N1CCNCC1. The van der Waals surface area contributed by atoms with Gasteiger partial charge in [-0.05, 0) is 18.9 Å².